The maximum atomic E-state index is 12.3. The second kappa shape index (κ2) is 7.87. The van der Waals surface area contributed by atoms with E-state index in [1.807, 2.05) is 0 Å². The molecule has 166 valence electrons. The first-order chi connectivity index (χ1) is 15.1. The van der Waals surface area contributed by atoms with Gasteiger partial charge in [0, 0.05) is 50.4 Å². The van der Waals surface area contributed by atoms with Gasteiger partial charge in [0.1, 0.15) is 0 Å². The fraction of sp³-hybridized carbons (Fsp3) is 0.667. The van der Waals surface area contributed by atoms with Gasteiger partial charge in [-0.3, -0.25) is 24.7 Å². The Morgan fingerprint density at radius 3 is 2.55 bits per heavy atom. The van der Waals surface area contributed by atoms with Gasteiger partial charge in [-0.15, -0.1) is 0 Å². The molecule has 7 nitrogen and oxygen atoms in total. The van der Waals surface area contributed by atoms with E-state index in [2.05, 4.69) is 38.6 Å². The lowest BCUT2D eigenvalue weighted by atomic mass is 10.0. The summed E-state index contributed by atoms with van der Waals surface area (Å²) < 4.78 is 6.05. The molecule has 1 aromatic rings. The minimum atomic E-state index is -0.197. The van der Waals surface area contributed by atoms with Crippen molar-refractivity contribution in [3.8, 4) is 0 Å². The van der Waals surface area contributed by atoms with Crippen molar-refractivity contribution in [2.75, 3.05) is 18.4 Å². The number of carbonyl (C=O) groups excluding carboxylic acids is 2. The topological polar surface area (TPSA) is 73.9 Å². The summed E-state index contributed by atoms with van der Waals surface area (Å²) in [5, 5.41) is 6.35. The second-order valence-electron chi connectivity index (χ2n) is 10.0. The Kier molecular flexibility index (Phi) is 5.00. The Morgan fingerprint density at radius 2 is 1.74 bits per heavy atom. The lowest BCUT2D eigenvalue weighted by Crippen LogP contribution is -2.52. The predicted molar refractivity (Wildman–Crippen MR) is 116 cm³/mol. The van der Waals surface area contributed by atoms with Crippen LogP contribution in [-0.2, 0) is 27.4 Å². The van der Waals surface area contributed by atoms with Gasteiger partial charge >= 0.3 is 0 Å². The van der Waals surface area contributed by atoms with Crippen molar-refractivity contribution in [2.45, 2.75) is 88.4 Å². The Morgan fingerprint density at radius 1 is 0.935 bits per heavy atom. The summed E-state index contributed by atoms with van der Waals surface area (Å²) in [6.07, 6.45) is 8.15. The van der Waals surface area contributed by atoms with Crippen LogP contribution < -0.4 is 10.6 Å². The average molecular weight is 425 g/mol. The number of amides is 2. The van der Waals surface area contributed by atoms with Crippen LogP contribution in [0.4, 0.5) is 5.69 Å². The summed E-state index contributed by atoms with van der Waals surface area (Å²) >= 11 is 0. The van der Waals surface area contributed by atoms with Crippen LogP contribution in [0.25, 0.3) is 0 Å². The third kappa shape index (κ3) is 3.77. The Labute approximate surface area is 183 Å². The molecule has 1 saturated carbocycles. The third-order valence-corrected chi connectivity index (χ3v) is 7.98. The zero-order valence-corrected chi connectivity index (χ0v) is 18.0. The largest absolute Gasteiger partial charge is 0.381 e. The second-order valence-corrected chi connectivity index (χ2v) is 10.0. The summed E-state index contributed by atoms with van der Waals surface area (Å²) in [6.45, 7) is 3.73. The van der Waals surface area contributed by atoms with Crippen LogP contribution in [0.3, 0.4) is 0 Å². The number of carbonyl (C=O) groups is 2. The minimum absolute atomic E-state index is 0.143. The molecular weight excluding hydrogens is 392 g/mol. The zero-order valence-electron chi connectivity index (χ0n) is 18.0. The quantitative estimate of drug-likeness (QED) is 0.721. The Bertz CT molecular complexity index is 878. The molecule has 4 aliphatic heterocycles. The highest BCUT2D eigenvalue weighted by Crippen LogP contribution is 2.35. The predicted octanol–water partition coefficient (Wildman–Crippen LogP) is 2.00. The van der Waals surface area contributed by atoms with Crippen LogP contribution in [-0.4, -0.2) is 65.0 Å². The van der Waals surface area contributed by atoms with E-state index in [1.165, 1.54) is 48.9 Å². The number of imide groups is 1. The number of likely N-dealkylation sites (tertiary alicyclic amines) is 1. The van der Waals surface area contributed by atoms with Crippen LogP contribution in [0.15, 0.2) is 18.2 Å². The summed E-state index contributed by atoms with van der Waals surface area (Å²) in [6, 6.07) is 7.58. The van der Waals surface area contributed by atoms with Crippen LogP contribution in [0.5, 0.6) is 0 Å². The molecule has 6 rings (SSSR count). The van der Waals surface area contributed by atoms with Crippen LogP contribution >= 0.6 is 0 Å². The van der Waals surface area contributed by atoms with E-state index in [4.69, 9.17) is 4.74 Å². The molecule has 1 aromatic carbocycles. The fourth-order valence-corrected chi connectivity index (χ4v) is 6.44. The van der Waals surface area contributed by atoms with Crippen LogP contribution in [0, 0.1) is 0 Å². The molecule has 7 heteroatoms. The first kappa shape index (κ1) is 19.7. The maximum Gasteiger partial charge on any atom is 0.243 e. The molecule has 3 saturated heterocycles. The standard InChI is InChI=1S/C24H32N4O3/c29-23-9-8-22(24(30)26-23)27-11-15-4-5-17(10-16(15)12-27)25-20-2-1-3-21(20)28-13-18-6-7-19(14-28)31-18/h4-5,10,18-22,25H,1-3,6-9,11-14H2,(H,26,29,30)/t18?,19?,20-,21-,22?/m1/s1. The number of morpholine rings is 1. The normalized spacial score (nSPS) is 35.9. The smallest absolute Gasteiger partial charge is 0.243 e. The first-order valence-corrected chi connectivity index (χ1v) is 12.0. The number of hydrogen-bond acceptors (Lipinski definition) is 6. The van der Waals surface area contributed by atoms with E-state index >= 15 is 0 Å². The fourth-order valence-electron chi connectivity index (χ4n) is 6.44. The van der Waals surface area contributed by atoms with Gasteiger partial charge in [0.2, 0.25) is 11.8 Å². The molecule has 2 amide bonds. The van der Waals surface area contributed by atoms with Crippen molar-refractivity contribution in [2.24, 2.45) is 0 Å². The summed E-state index contributed by atoms with van der Waals surface area (Å²) in [5.74, 6) is -0.292. The molecule has 4 heterocycles. The SMILES string of the molecule is O=C1CCC(N2Cc3ccc(N[C@@H]4CCC[C@H]4N4CC5CCC(C4)O5)cc3C2)C(=O)N1. The molecule has 3 unspecified atom stereocenters. The Hall–Kier alpha value is -1.96. The molecule has 0 radical (unpaired) electrons. The highest BCUT2D eigenvalue weighted by Gasteiger charge is 2.40. The van der Waals surface area contributed by atoms with Crippen LogP contribution in [0.1, 0.15) is 56.1 Å². The number of ether oxygens (including phenoxy) is 1. The van der Waals surface area contributed by atoms with Crippen LogP contribution in [0.2, 0.25) is 0 Å². The number of fused-ring (bicyclic) bond motifs is 3. The molecule has 5 aliphatic rings. The van der Waals surface area contributed by atoms with Gasteiger partial charge in [-0.2, -0.15) is 0 Å². The molecule has 4 fully saturated rings. The maximum absolute atomic E-state index is 12.3. The van der Waals surface area contributed by atoms with E-state index in [0.29, 0.717) is 37.1 Å². The summed E-state index contributed by atoms with van der Waals surface area (Å²) in [4.78, 5) is 28.6. The number of hydrogen-bond donors (Lipinski definition) is 2. The van der Waals surface area contributed by atoms with Gasteiger partial charge in [0.15, 0.2) is 0 Å². The van der Waals surface area contributed by atoms with E-state index in [9.17, 15) is 9.59 Å². The van der Waals surface area contributed by atoms with Gasteiger partial charge in [-0.05, 0) is 61.8 Å². The zero-order chi connectivity index (χ0) is 20.9. The molecule has 1 aliphatic carbocycles. The average Bonchev–Trinajstić information content (AvgIpc) is 3.46. The summed E-state index contributed by atoms with van der Waals surface area (Å²) in [5.41, 5.74) is 3.79. The van der Waals surface area contributed by atoms with Crippen molar-refractivity contribution >= 4 is 17.5 Å². The molecule has 0 aromatic heterocycles. The minimum Gasteiger partial charge on any atom is -0.381 e. The molecule has 5 atom stereocenters. The van der Waals surface area contributed by atoms with Crippen molar-refractivity contribution in [3.05, 3.63) is 29.3 Å². The van der Waals surface area contributed by atoms with Gasteiger partial charge in [-0.1, -0.05) is 6.07 Å². The number of benzene rings is 1. The number of rotatable bonds is 4. The van der Waals surface area contributed by atoms with Gasteiger partial charge in [0.05, 0.1) is 18.2 Å². The third-order valence-electron chi connectivity index (χ3n) is 7.98. The lowest BCUT2D eigenvalue weighted by Gasteiger charge is -2.39. The van der Waals surface area contributed by atoms with E-state index in [-0.39, 0.29) is 17.9 Å². The molecule has 0 spiro atoms. The molecular formula is C24H32N4O3. The molecule has 2 N–H and O–H groups in total. The van der Waals surface area contributed by atoms with E-state index < -0.39 is 0 Å². The molecule has 31 heavy (non-hydrogen) atoms. The number of nitrogens with zero attached hydrogens (tertiary/aromatic N) is 2. The van der Waals surface area contributed by atoms with Crippen molar-refractivity contribution in [1.29, 1.82) is 0 Å². The molecule has 2 bridgehead atoms. The van der Waals surface area contributed by atoms with Crippen molar-refractivity contribution in [3.63, 3.8) is 0 Å². The van der Waals surface area contributed by atoms with E-state index in [0.717, 1.165) is 26.2 Å². The highest BCUT2D eigenvalue weighted by atomic mass is 16.5. The van der Waals surface area contributed by atoms with E-state index in [1.54, 1.807) is 0 Å². The van der Waals surface area contributed by atoms with Gasteiger partial charge in [-0.25, -0.2) is 0 Å². The number of nitrogens with one attached hydrogen (secondary N) is 2. The lowest BCUT2D eigenvalue weighted by molar-refractivity contribution is -0.137. The van der Waals surface area contributed by atoms with Gasteiger partial charge < -0.3 is 10.1 Å². The first-order valence-electron chi connectivity index (χ1n) is 12.0. The van der Waals surface area contributed by atoms with Crippen molar-refractivity contribution in [1.82, 2.24) is 15.1 Å². The van der Waals surface area contributed by atoms with Crippen molar-refractivity contribution < 1.29 is 14.3 Å². The monoisotopic (exact) mass is 424 g/mol. The summed E-state index contributed by atoms with van der Waals surface area (Å²) in [7, 11) is 0. The Balaban J connectivity index is 1.12. The number of piperidine rings is 1. The van der Waals surface area contributed by atoms with Gasteiger partial charge in [0.25, 0.3) is 0 Å². The highest BCUT2D eigenvalue weighted by molar-refractivity contribution is 6.00. The number of anilines is 1.